The summed E-state index contributed by atoms with van der Waals surface area (Å²) in [6.45, 7) is 7.21. The topological polar surface area (TPSA) is 59.3 Å². The minimum atomic E-state index is -0.493. The average molecular weight is 270 g/mol. The number of hydrogen-bond acceptors (Lipinski definition) is 3. The highest BCUT2D eigenvalue weighted by molar-refractivity contribution is 5.89. The molecule has 3 rings (SSSR count). The predicted molar refractivity (Wildman–Crippen MR) is 78.2 cm³/mol. The lowest BCUT2D eigenvalue weighted by Crippen LogP contribution is -2.28. The maximum absolute atomic E-state index is 12.1. The molecule has 1 N–H and O–H groups in total. The first-order valence-electron chi connectivity index (χ1n) is 6.79. The second kappa shape index (κ2) is 4.44. The summed E-state index contributed by atoms with van der Waals surface area (Å²) in [5.74, 6) is 0.845. The third-order valence-electron chi connectivity index (χ3n) is 3.36. The number of hydrogen-bond donors (Lipinski definition) is 1. The number of carbonyl (C=O) groups excluding carboxylic acids is 1. The Labute approximate surface area is 117 Å². The van der Waals surface area contributed by atoms with Crippen LogP contribution < -0.4 is 10.9 Å². The summed E-state index contributed by atoms with van der Waals surface area (Å²) in [5, 5.41) is 4.41. The Hall–Kier alpha value is -2.17. The molecule has 1 amide bonds. The van der Waals surface area contributed by atoms with Gasteiger partial charge in [0.1, 0.15) is 5.82 Å². The first kappa shape index (κ1) is 12.8. The normalized spacial score (nSPS) is 15.2. The molecule has 1 aliphatic heterocycles. The quantitative estimate of drug-likeness (QED) is 0.796. The Kier molecular flexibility index (Phi) is 2.85. The van der Waals surface area contributed by atoms with Gasteiger partial charge in [0.25, 0.3) is 5.91 Å². The van der Waals surface area contributed by atoms with Crippen LogP contribution in [0, 0.1) is 5.41 Å². The lowest BCUT2D eigenvalue weighted by atomic mass is 9.96. The van der Waals surface area contributed by atoms with Crippen molar-refractivity contribution in [2.24, 2.45) is 10.4 Å². The average Bonchev–Trinajstić information content (AvgIpc) is 2.87. The molecule has 0 fully saturated rings. The van der Waals surface area contributed by atoms with E-state index in [0.717, 1.165) is 29.8 Å². The van der Waals surface area contributed by atoms with E-state index in [1.807, 2.05) is 49.6 Å². The summed E-state index contributed by atoms with van der Waals surface area (Å²) in [6, 6.07) is 7.90. The first-order chi connectivity index (χ1) is 9.47. The highest BCUT2D eigenvalue weighted by Gasteiger charge is 2.22. The van der Waals surface area contributed by atoms with Gasteiger partial charge in [0.2, 0.25) is 5.62 Å². The van der Waals surface area contributed by atoms with Crippen molar-refractivity contribution in [1.82, 2.24) is 9.55 Å². The van der Waals surface area contributed by atoms with Crippen molar-refractivity contribution in [1.29, 1.82) is 0 Å². The van der Waals surface area contributed by atoms with Crippen molar-refractivity contribution in [3.63, 3.8) is 0 Å². The van der Waals surface area contributed by atoms with E-state index in [0.29, 0.717) is 5.62 Å². The van der Waals surface area contributed by atoms with Gasteiger partial charge >= 0.3 is 0 Å². The summed E-state index contributed by atoms with van der Waals surface area (Å²) >= 11 is 0. The Morgan fingerprint density at radius 2 is 2.10 bits per heavy atom. The second-order valence-electron chi connectivity index (χ2n) is 6.02. The molecule has 5 nitrogen and oxygen atoms in total. The van der Waals surface area contributed by atoms with E-state index in [9.17, 15) is 4.79 Å². The SMILES string of the molecule is CC(C)(C)C(=O)N=c1nc2ccccc2c2n1CCN2. The number of benzene rings is 1. The lowest BCUT2D eigenvalue weighted by molar-refractivity contribution is -0.125. The Morgan fingerprint density at radius 1 is 1.35 bits per heavy atom. The van der Waals surface area contributed by atoms with Crippen LogP contribution in [0.1, 0.15) is 20.8 Å². The summed E-state index contributed by atoms with van der Waals surface area (Å²) in [7, 11) is 0. The molecule has 0 radical (unpaired) electrons. The Balaban J connectivity index is 2.27. The minimum Gasteiger partial charge on any atom is -0.369 e. The molecule has 0 spiro atoms. The molecule has 0 unspecified atom stereocenters. The number of rotatable bonds is 0. The molecule has 0 saturated heterocycles. The van der Waals surface area contributed by atoms with Crippen molar-refractivity contribution in [2.45, 2.75) is 27.3 Å². The largest absolute Gasteiger partial charge is 0.369 e. The molecule has 104 valence electrons. The molecule has 0 bridgehead atoms. The van der Waals surface area contributed by atoms with Crippen LogP contribution in [0.25, 0.3) is 10.9 Å². The molecule has 0 aliphatic carbocycles. The number of fused-ring (bicyclic) bond motifs is 3. The van der Waals surface area contributed by atoms with Crippen LogP contribution in [0.4, 0.5) is 5.82 Å². The zero-order valence-corrected chi connectivity index (χ0v) is 12.0. The molecule has 0 atom stereocenters. The van der Waals surface area contributed by atoms with E-state index >= 15 is 0 Å². The fraction of sp³-hybridized carbons (Fsp3) is 0.400. The van der Waals surface area contributed by atoms with Crippen molar-refractivity contribution < 1.29 is 4.79 Å². The molecule has 1 aliphatic rings. The standard InChI is InChI=1S/C15H18N4O/c1-15(2,3)13(20)18-14-17-11-7-5-4-6-10(11)12-16-8-9-19(12)14/h4-7,16H,8-9H2,1-3H3. The molecular formula is C15H18N4O. The van der Waals surface area contributed by atoms with Gasteiger partial charge in [-0.25, -0.2) is 4.98 Å². The van der Waals surface area contributed by atoms with E-state index in [1.54, 1.807) is 0 Å². The zero-order chi connectivity index (χ0) is 14.3. The second-order valence-corrected chi connectivity index (χ2v) is 6.02. The van der Waals surface area contributed by atoms with Crippen molar-refractivity contribution in [3.05, 3.63) is 29.9 Å². The maximum atomic E-state index is 12.1. The van der Waals surface area contributed by atoms with Gasteiger partial charge in [-0.15, -0.1) is 0 Å². The van der Waals surface area contributed by atoms with Crippen LogP contribution >= 0.6 is 0 Å². The molecule has 20 heavy (non-hydrogen) atoms. The van der Waals surface area contributed by atoms with Gasteiger partial charge in [-0.05, 0) is 12.1 Å². The van der Waals surface area contributed by atoms with Gasteiger partial charge in [-0.1, -0.05) is 32.9 Å². The minimum absolute atomic E-state index is 0.151. The molecular weight excluding hydrogens is 252 g/mol. The summed E-state index contributed by atoms with van der Waals surface area (Å²) in [6.07, 6.45) is 0. The van der Waals surface area contributed by atoms with E-state index in [-0.39, 0.29) is 5.91 Å². The molecule has 5 heteroatoms. The number of nitrogens with one attached hydrogen (secondary N) is 1. The fourth-order valence-corrected chi connectivity index (χ4v) is 2.22. The predicted octanol–water partition coefficient (Wildman–Crippen LogP) is 1.94. The van der Waals surface area contributed by atoms with Crippen molar-refractivity contribution in [3.8, 4) is 0 Å². The first-order valence-corrected chi connectivity index (χ1v) is 6.79. The van der Waals surface area contributed by atoms with E-state index in [1.165, 1.54) is 0 Å². The third-order valence-corrected chi connectivity index (χ3v) is 3.36. The van der Waals surface area contributed by atoms with Crippen LogP contribution in [-0.4, -0.2) is 22.0 Å². The molecule has 1 aromatic carbocycles. The van der Waals surface area contributed by atoms with Gasteiger partial charge in [-0.3, -0.25) is 9.36 Å². The number of anilines is 1. The molecule has 0 saturated carbocycles. The number of para-hydroxylation sites is 1. The smallest absolute Gasteiger partial charge is 0.254 e. The highest BCUT2D eigenvalue weighted by Crippen LogP contribution is 2.22. The zero-order valence-electron chi connectivity index (χ0n) is 12.0. The molecule has 2 heterocycles. The third kappa shape index (κ3) is 2.09. The van der Waals surface area contributed by atoms with E-state index in [2.05, 4.69) is 15.3 Å². The van der Waals surface area contributed by atoms with E-state index < -0.39 is 5.41 Å². The number of aromatic nitrogens is 2. The van der Waals surface area contributed by atoms with Crippen molar-refractivity contribution in [2.75, 3.05) is 11.9 Å². The summed E-state index contributed by atoms with van der Waals surface area (Å²) in [4.78, 5) is 20.9. The van der Waals surface area contributed by atoms with Crippen LogP contribution in [-0.2, 0) is 11.3 Å². The van der Waals surface area contributed by atoms with Gasteiger partial charge < -0.3 is 5.32 Å². The monoisotopic (exact) mass is 270 g/mol. The van der Waals surface area contributed by atoms with Crippen LogP contribution in [0.15, 0.2) is 29.3 Å². The van der Waals surface area contributed by atoms with Gasteiger partial charge in [0, 0.05) is 23.9 Å². The van der Waals surface area contributed by atoms with Gasteiger partial charge in [0.15, 0.2) is 0 Å². The van der Waals surface area contributed by atoms with E-state index in [4.69, 9.17) is 0 Å². The Morgan fingerprint density at radius 3 is 2.85 bits per heavy atom. The van der Waals surface area contributed by atoms with Crippen molar-refractivity contribution >= 4 is 22.6 Å². The summed E-state index contributed by atoms with van der Waals surface area (Å²) in [5.41, 5.74) is 0.851. The van der Waals surface area contributed by atoms with Crippen LogP contribution in [0.2, 0.25) is 0 Å². The van der Waals surface area contributed by atoms with Gasteiger partial charge in [0.05, 0.1) is 5.52 Å². The number of carbonyl (C=O) groups is 1. The highest BCUT2D eigenvalue weighted by atomic mass is 16.1. The number of amides is 1. The Bertz CT molecular complexity index is 753. The molecule has 2 aromatic rings. The van der Waals surface area contributed by atoms with Gasteiger partial charge in [-0.2, -0.15) is 4.99 Å². The maximum Gasteiger partial charge on any atom is 0.254 e. The van der Waals surface area contributed by atoms with Crippen LogP contribution in [0.5, 0.6) is 0 Å². The molecule has 1 aromatic heterocycles. The summed E-state index contributed by atoms with van der Waals surface area (Å²) < 4.78 is 1.98. The lowest BCUT2D eigenvalue weighted by Gasteiger charge is -2.13. The number of nitrogens with zero attached hydrogens (tertiary/aromatic N) is 3. The van der Waals surface area contributed by atoms with Crippen LogP contribution in [0.3, 0.4) is 0 Å². The fourth-order valence-electron chi connectivity index (χ4n) is 2.22.